The van der Waals surface area contributed by atoms with Crippen LogP contribution < -0.4 is 5.56 Å². The van der Waals surface area contributed by atoms with Crippen molar-refractivity contribution in [3.8, 4) is 5.75 Å². The van der Waals surface area contributed by atoms with Crippen LogP contribution in [0.4, 0.5) is 0 Å². The van der Waals surface area contributed by atoms with Gasteiger partial charge in [0.1, 0.15) is 11.3 Å². The monoisotopic (exact) mass is 431 g/mol. The van der Waals surface area contributed by atoms with Crippen LogP contribution in [0.5, 0.6) is 5.75 Å². The lowest BCUT2D eigenvalue weighted by atomic mass is 9.55. The molecule has 1 aromatic heterocycles. The van der Waals surface area contributed by atoms with Crippen molar-refractivity contribution in [2.75, 3.05) is 26.7 Å². The van der Waals surface area contributed by atoms with Gasteiger partial charge in [-0.3, -0.25) is 9.59 Å². The lowest BCUT2D eigenvalue weighted by Crippen LogP contribution is -2.54. The number of benzene rings is 1. The molecule has 3 heterocycles. The molecular weight excluding hydrogens is 402 g/mol. The van der Waals surface area contributed by atoms with Crippen molar-refractivity contribution >= 4 is 5.91 Å². The number of phenols is 1. The number of fused-ring (bicyclic) bond motifs is 3. The minimum Gasteiger partial charge on any atom is -0.508 e. The molecule has 3 aliphatic carbocycles. The maximum absolute atomic E-state index is 13.0. The van der Waals surface area contributed by atoms with Gasteiger partial charge in [0, 0.05) is 36.8 Å². The predicted octanol–water partition coefficient (Wildman–Crippen LogP) is 2.09. The van der Waals surface area contributed by atoms with Crippen LogP contribution >= 0.6 is 0 Å². The quantitative estimate of drug-likeness (QED) is 0.725. The van der Waals surface area contributed by atoms with E-state index in [4.69, 9.17) is 0 Å². The number of pyridine rings is 1. The highest BCUT2D eigenvalue weighted by molar-refractivity contribution is 5.94. The predicted molar refractivity (Wildman–Crippen MR) is 120 cm³/mol. The number of rotatable bonds is 1. The number of hydrogen-bond donors (Lipinski definition) is 2. The Morgan fingerprint density at radius 3 is 2.75 bits per heavy atom. The van der Waals surface area contributed by atoms with Gasteiger partial charge in [-0.15, -0.1) is 0 Å². The van der Waals surface area contributed by atoms with Crippen LogP contribution in [-0.2, 0) is 24.7 Å². The van der Waals surface area contributed by atoms with E-state index in [9.17, 15) is 14.7 Å². The van der Waals surface area contributed by atoms with Crippen LogP contribution in [0.1, 0.15) is 45.6 Å². The van der Waals surface area contributed by atoms with E-state index in [1.54, 1.807) is 0 Å². The van der Waals surface area contributed by atoms with Crippen LogP contribution in [-0.4, -0.2) is 58.5 Å². The first-order chi connectivity index (χ1) is 15.5. The van der Waals surface area contributed by atoms with Crippen LogP contribution in [0.2, 0.25) is 0 Å². The molecule has 1 amide bonds. The van der Waals surface area contributed by atoms with Gasteiger partial charge >= 0.3 is 0 Å². The largest absolute Gasteiger partial charge is 0.508 e. The van der Waals surface area contributed by atoms with E-state index >= 15 is 0 Å². The molecule has 2 saturated heterocycles. The maximum Gasteiger partial charge on any atom is 0.261 e. The standard InChI is InChI=1S/C26H29N3O3/c1-28-13-21-17-8-14-4-5-16(30)11-19(14)26(21)12-22-15(10-20(26)23(17)28)9-18(24(31)27-22)25(32)29-6-2-3-7-29/h4-5,9,11,17,20-21,23,30H,2-3,6-8,10,12-13H2,1H3,(H,27,31)/t17?,20-,21?,23+,26-/m0/s1. The fourth-order valence-corrected chi connectivity index (χ4v) is 8.35. The number of piperidine rings is 1. The number of aromatic hydroxyl groups is 1. The third-order valence-electron chi connectivity index (χ3n) is 9.48. The lowest BCUT2D eigenvalue weighted by molar-refractivity contribution is 0.0788. The zero-order valence-corrected chi connectivity index (χ0v) is 18.4. The average molecular weight is 432 g/mol. The second-order valence-electron chi connectivity index (χ2n) is 10.8. The van der Waals surface area contributed by atoms with Crippen molar-refractivity contribution in [1.82, 2.24) is 14.8 Å². The van der Waals surface area contributed by atoms with Gasteiger partial charge in [0.15, 0.2) is 0 Å². The second-order valence-corrected chi connectivity index (χ2v) is 10.8. The summed E-state index contributed by atoms with van der Waals surface area (Å²) in [4.78, 5) is 33.5. The summed E-state index contributed by atoms with van der Waals surface area (Å²) in [6, 6.07) is 8.33. The third-order valence-corrected chi connectivity index (χ3v) is 9.48. The normalized spacial score (nSPS) is 34.3. The summed E-state index contributed by atoms with van der Waals surface area (Å²) < 4.78 is 0. The molecule has 2 unspecified atom stereocenters. The highest BCUT2D eigenvalue weighted by Crippen LogP contribution is 2.66. The summed E-state index contributed by atoms with van der Waals surface area (Å²) in [6.45, 7) is 2.57. The van der Waals surface area contributed by atoms with Gasteiger partial charge in [0.25, 0.3) is 11.5 Å². The molecule has 1 saturated carbocycles. The van der Waals surface area contributed by atoms with Crippen LogP contribution in [0.25, 0.3) is 0 Å². The average Bonchev–Trinajstić information content (AvgIpc) is 3.45. The number of amides is 1. The van der Waals surface area contributed by atoms with Crippen molar-refractivity contribution in [2.45, 2.75) is 43.6 Å². The minimum absolute atomic E-state index is 0.0371. The Morgan fingerprint density at radius 2 is 1.94 bits per heavy atom. The van der Waals surface area contributed by atoms with Gasteiger partial charge in [-0.2, -0.15) is 0 Å². The number of phenolic OH excluding ortho intramolecular Hbond substituents is 1. The van der Waals surface area contributed by atoms with E-state index < -0.39 is 0 Å². The Balaban J connectivity index is 1.37. The molecule has 1 aromatic carbocycles. The summed E-state index contributed by atoms with van der Waals surface area (Å²) in [6.07, 6.45) is 4.77. The third kappa shape index (κ3) is 2.24. The smallest absolute Gasteiger partial charge is 0.261 e. The van der Waals surface area contributed by atoms with Gasteiger partial charge in [0.2, 0.25) is 0 Å². The number of carbonyl (C=O) groups is 1. The molecule has 166 valence electrons. The van der Waals surface area contributed by atoms with Gasteiger partial charge in [-0.05, 0) is 91.8 Å². The zero-order valence-electron chi connectivity index (χ0n) is 18.4. The number of likely N-dealkylation sites (tertiary alicyclic amines) is 2. The van der Waals surface area contributed by atoms with Crippen LogP contribution in [0.15, 0.2) is 29.1 Å². The van der Waals surface area contributed by atoms with Crippen molar-refractivity contribution in [3.63, 3.8) is 0 Å². The van der Waals surface area contributed by atoms with E-state index in [2.05, 4.69) is 23.0 Å². The van der Waals surface area contributed by atoms with Gasteiger partial charge < -0.3 is 19.9 Å². The molecule has 3 fully saturated rings. The lowest BCUT2D eigenvalue weighted by Gasteiger charge is -2.51. The van der Waals surface area contributed by atoms with E-state index in [1.807, 2.05) is 23.1 Å². The summed E-state index contributed by atoms with van der Waals surface area (Å²) in [7, 11) is 2.25. The SMILES string of the molecule is CN1CC2C3Cc4ccc(O)cc4[C@]24Cc2[nH]c(=O)c(C(=O)N5CCCC5)cc2C[C@H]4[C@@H]31. The van der Waals surface area contributed by atoms with Crippen molar-refractivity contribution in [3.05, 3.63) is 62.6 Å². The Morgan fingerprint density at radius 1 is 1.12 bits per heavy atom. The van der Waals surface area contributed by atoms with E-state index in [0.29, 0.717) is 35.1 Å². The number of aromatic nitrogens is 1. The van der Waals surface area contributed by atoms with Crippen molar-refractivity contribution in [2.24, 2.45) is 17.8 Å². The van der Waals surface area contributed by atoms with E-state index in [-0.39, 0.29) is 16.9 Å². The number of nitrogens with zero attached hydrogens (tertiary/aromatic N) is 2. The molecule has 5 atom stereocenters. The van der Waals surface area contributed by atoms with Gasteiger partial charge in [-0.25, -0.2) is 0 Å². The molecular formula is C26H29N3O3. The van der Waals surface area contributed by atoms with Crippen molar-refractivity contribution in [1.29, 1.82) is 0 Å². The minimum atomic E-state index is -0.251. The molecule has 7 rings (SSSR count). The molecule has 4 bridgehead atoms. The molecule has 2 N–H and O–H groups in total. The first kappa shape index (κ1) is 18.9. The fraction of sp³-hybridized carbons (Fsp3) is 0.538. The molecule has 1 spiro atoms. The van der Waals surface area contributed by atoms with Crippen LogP contribution in [0, 0.1) is 17.8 Å². The first-order valence-corrected chi connectivity index (χ1v) is 12.0. The number of carbonyl (C=O) groups excluding carboxylic acids is 1. The number of H-pyrrole nitrogens is 1. The Kier molecular flexibility index (Phi) is 3.70. The number of nitrogens with one attached hydrogen (secondary N) is 1. The Bertz CT molecular complexity index is 1210. The van der Waals surface area contributed by atoms with Crippen LogP contribution in [0.3, 0.4) is 0 Å². The highest BCUT2D eigenvalue weighted by Gasteiger charge is 2.68. The maximum atomic E-state index is 13.0. The fourth-order valence-electron chi connectivity index (χ4n) is 8.35. The molecule has 0 radical (unpaired) electrons. The van der Waals surface area contributed by atoms with Gasteiger partial charge in [0.05, 0.1) is 0 Å². The molecule has 6 nitrogen and oxygen atoms in total. The summed E-state index contributed by atoms with van der Waals surface area (Å²) >= 11 is 0. The topological polar surface area (TPSA) is 76.6 Å². The summed E-state index contributed by atoms with van der Waals surface area (Å²) in [5, 5.41) is 10.4. The van der Waals surface area contributed by atoms with Crippen molar-refractivity contribution < 1.29 is 9.90 Å². The first-order valence-electron chi connectivity index (χ1n) is 12.0. The Hall–Kier alpha value is -2.60. The molecule has 2 aromatic rings. The molecule has 6 heteroatoms. The second kappa shape index (κ2) is 6.25. The molecule has 5 aliphatic rings. The van der Waals surface area contributed by atoms with E-state index in [1.165, 1.54) is 11.1 Å². The number of aromatic amines is 1. The molecule has 32 heavy (non-hydrogen) atoms. The van der Waals surface area contributed by atoms with E-state index in [0.717, 1.165) is 63.0 Å². The van der Waals surface area contributed by atoms with Gasteiger partial charge in [-0.1, -0.05) is 6.07 Å². The highest BCUT2D eigenvalue weighted by atomic mass is 16.3. The number of hydrogen-bond acceptors (Lipinski definition) is 4. The Labute approximate surface area is 187 Å². The summed E-state index contributed by atoms with van der Waals surface area (Å²) in [5.74, 6) is 1.81. The summed E-state index contributed by atoms with van der Waals surface area (Å²) in [5.41, 5.74) is 4.80. The molecule has 2 aliphatic heterocycles. The zero-order chi connectivity index (χ0) is 21.8.